The number of likely N-dealkylation sites (tertiary alicyclic amines) is 1. The van der Waals surface area contributed by atoms with E-state index in [4.69, 9.17) is 58.5 Å². The molecule has 0 saturated carbocycles. The van der Waals surface area contributed by atoms with Crippen molar-refractivity contribution in [2.45, 2.75) is 29.3 Å². The molecule has 6 rings (SSSR count). The van der Waals surface area contributed by atoms with Crippen LogP contribution in [0.5, 0.6) is 0 Å². The number of hydrogen-bond acceptors (Lipinski definition) is 10. The first-order valence-electron chi connectivity index (χ1n) is 18.0. The predicted octanol–water partition coefficient (Wildman–Crippen LogP) is 6.38. The van der Waals surface area contributed by atoms with E-state index >= 15 is 4.79 Å². The number of esters is 2. The molecule has 0 unspecified atom stereocenters. The summed E-state index contributed by atoms with van der Waals surface area (Å²) in [4.78, 5) is 69.7. The summed E-state index contributed by atoms with van der Waals surface area (Å²) in [5, 5.41) is 4.45. The fraction of sp³-hybridized carbons (Fsp3) is 0.163. The molecule has 5 aromatic rings. The van der Waals surface area contributed by atoms with Crippen LogP contribution >= 0.6 is 41.7 Å². The van der Waals surface area contributed by atoms with E-state index in [0.717, 1.165) is 4.90 Å². The molecule has 0 radical (unpaired) electrons. The number of β-lactam (4-membered cyclic amide) rings is 1. The Kier molecular flexibility index (Phi) is 14.4. The topological polar surface area (TPSA) is 147 Å². The van der Waals surface area contributed by atoms with Gasteiger partial charge in [-0.2, -0.15) is 0 Å². The largest absolute Gasteiger partial charge is 0.508 e. The van der Waals surface area contributed by atoms with Crippen molar-refractivity contribution in [1.82, 2.24) is 10.2 Å². The average Bonchev–Trinajstić information content (AvgIpc) is 3.26. The predicted molar refractivity (Wildman–Crippen MR) is 224 cm³/mol. The molecule has 5 aromatic carbocycles. The Morgan fingerprint density at radius 2 is 1.05 bits per heavy atom. The summed E-state index contributed by atoms with van der Waals surface area (Å²) >= 11 is 16.9. The monoisotopic (exact) mass is 876 g/mol. The minimum Gasteiger partial charge on any atom is -0.456 e. The second-order valence-corrected chi connectivity index (χ2v) is 18.6. The fourth-order valence-electron chi connectivity index (χ4n) is 6.26. The Morgan fingerprint density at radius 3 is 1.51 bits per heavy atom. The molecule has 0 bridgehead atoms. The molecule has 304 valence electrons. The van der Waals surface area contributed by atoms with Crippen LogP contribution in [0.15, 0.2) is 152 Å². The lowest BCUT2D eigenvalue weighted by Gasteiger charge is -2.48. The summed E-state index contributed by atoms with van der Waals surface area (Å²) < 4.78 is 24.9. The van der Waals surface area contributed by atoms with E-state index in [9.17, 15) is 19.2 Å². The van der Waals surface area contributed by atoms with E-state index in [0.29, 0.717) is 27.0 Å². The van der Waals surface area contributed by atoms with Crippen LogP contribution < -0.4 is 21.2 Å². The Bertz CT molecular complexity index is 2200. The number of halogens is 3. The van der Waals surface area contributed by atoms with Crippen molar-refractivity contribution < 1.29 is 47.7 Å². The first-order valence-corrected chi connectivity index (χ1v) is 20.9. The van der Waals surface area contributed by atoms with Crippen molar-refractivity contribution in [3.05, 3.63) is 163 Å². The van der Waals surface area contributed by atoms with Crippen molar-refractivity contribution in [2.75, 3.05) is 13.2 Å². The van der Waals surface area contributed by atoms with Crippen LogP contribution in [0.3, 0.4) is 0 Å². The molecule has 0 spiro atoms. The van der Waals surface area contributed by atoms with Crippen molar-refractivity contribution in [1.29, 1.82) is 0 Å². The number of alkyl halides is 3. The second kappa shape index (κ2) is 19.8. The Hall–Kier alpha value is -5.78. The highest BCUT2D eigenvalue weighted by molar-refractivity contribution is 7.96. The number of ether oxygens (including phenoxy) is 5. The van der Waals surface area contributed by atoms with Gasteiger partial charge in [-0.3, -0.25) is 9.69 Å². The van der Waals surface area contributed by atoms with E-state index in [-0.39, 0.29) is 18.6 Å². The average molecular weight is 878 g/mol. The molecule has 1 aliphatic heterocycles. The fourth-order valence-corrected chi connectivity index (χ4v) is 10.8. The van der Waals surface area contributed by atoms with Gasteiger partial charge in [0.25, 0.3) is 5.91 Å². The van der Waals surface area contributed by atoms with Gasteiger partial charge in [-0.25, -0.2) is 19.2 Å². The molecule has 59 heavy (non-hydrogen) atoms. The van der Waals surface area contributed by atoms with Gasteiger partial charge in [-0.15, -0.1) is 0 Å². The molecule has 12 nitrogen and oxygen atoms in total. The standard InChI is InChI=1S/C43H36Cl3N2O10P/c44-43(45,46)29-57-42(53)56-28-35(49)58-38-36(47-41(52)55-27-31-18-8-2-9-19-31)37(50)48(38)39(40(51)54-26-30-16-6-1-7-17-30)59(32-20-10-3-11-21-32,33-22-12-4-13-23-33)34-24-14-5-15-25-34/h1-25,36,38H,26-29H2,(H,47,52)/t36-,38-/m0/s1. The zero-order valence-electron chi connectivity index (χ0n) is 31.0. The maximum atomic E-state index is 15.1. The highest BCUT2D eigenvalue weighted by Gasteiger charge is 2.57. The van der Waals surface area contributed by atoms with Gasteiger partial charge < -0.3 is 29.0 Å². The third kappa shape index (κ3) is 10.6. The van der Waals surface area contributed by atoms with Crippen LogP contribution in [0.2, 0.25) is 0 Å². The molecule has 0 aliphatic carbocycles. The van der Waals surface area contributed by atoms with E-state index in [1.807, 2.05) is 97.1 Å². The number of hydrogen-bond donors (Lipinski definition) is 1. The number of nitrogens with one attached hydrogen (secondary N) is 1. The van der Waals surface area contributed by atoms with Crippen LogP contribution in [-0.4, -0.2) is 69.7 Å². The summed E-state index contributed by atoms with van der Waals surface area (Å²) in [5.41, 5.74) is 1.19. The lowest BCUT2D eigenvalue weighted by molar-refractivity contribution is -0.183. The van der Waals surface area contributed by atoms with Gasteiger partial charge in [-0.1, -0.05) is 186 Å². The lowest BCUT2D eigenvalue weighted by Crippen LogP contribution is -2.74. The van der Waals surface area contributed by atoms with Crippen LogP contribution in [-0.2, 0) is 51.3 Å². The minimum atomic E-state index is -3.48. The number of benzene rings is 5. The van der Waals surface area contributed by atoms with E-state index < -0.39 is 66.3 Å². The quantitative estimate of drug-likeness (QED) is 0.0438. The van der Waals surface area contributed by atoms with Crippen molar-refractivity contribution in [3.63, 3.8) is 0 Å². The van der Waals surface area contributed by atoms with Gasteiger partial charge in [-0.05, 0) is 27.0 Å². The maximum absolute atomic E-state index is 15.1. The van der Waals surface area contributed by atoms with Gasteiger partial charge in [0.1, 0.15) is 25.2 Å². The highest BCUT2D eigenvalue weighted by atomic mass is 35.6. The van der Waals surface area contributed by atoms with Gasteiger partial charge in [0.15, 0.2) is 12.6 Å². The summed E-state index contributed by atoms with van der Waals surface area (Å²) in [5.74, 6) is -2.89. The maximum Gasteiger partial charge on any atom is 0.508 e. The molecule has 1 N–H and O–H groups in total. The molecule has 2 atom stereocenters. The van der Waals surface area contributed by atoms with Crippen LogP contribution in [0.25, 0.3) is 0 Å². The molecule has 2 amide bonds. The van der Waals surface area contributed by atoms with Crippen LogP contribution in [0.1, 0.15) is 11.1 Å². The third-order valence-corrected chi connectivity index (χ3v) is 13.4. The number of rotatable bonds is 14. The van der Waals surface area contributed by atoms with Crippen LogP contribution in [0, 0.1) is 0 Å². The van der Waals surface area contributed by atoms with Gasteiger partial charge >= 0.3 is 24.2 Å². The Morgan fingerprint density at radius 1 is 0.610 bits per heavy atom. The normalized spacial score (nSPS) is 14.9. The molecular weight excluding hydrogens is 842 g/mol. The molecular formula is C43H36Cl3N2O10P. The summed E-state index contributed by atoms with van der Waals surface area (Å²) in [6.45, 7) is -5.50. The summed E-state index contributed by atoms with van der Waals surface area (Å²) in [7, 11) is 0. The van der Waals surface area contributed by atoms with E-state index in [2.05, 4.69) is 5.32 Å². The molecule has 1 aliphatic rings. The number of nitrogens with zero attached hydrogens (tertiary/aromatic N) is 1. The van der Waals surface area contributed by atoms with Gasteiger partial charge in [0.2, 0.25) is 10.0 Å². The number of alkyl carbamates (subject to hydrolysis) is 1. The smallest absolute Gasteiger partial charge is 0.456 e. The third-order valence-electron chi connectivity index (χ3n) is 8.81. The van der Waals surface area contributed by atoms with Crippen molar-refractivity contribution >= 4 is 93.1 Å². The number of carbonyl (C=O) groups excluding carboxylic acids is 5. The molecule has 1 saturated heterocycles. The summed E-state index contributed by atoms with van der Waals surface area (Å²) in [6, 6.07) is 43.6. The molecule has 16 heteroatoms. The van der Waals surface area contributed by atoms with E-state index in [1.54, 1.807) is 54.6 Å². The minimum absolute atomic E-state index is 0.139. The molecule has 1 heterocycles. The van der Waals surface area contributed by atoms with Crippen molar-refractivity contribution in [3.8, 4) is 0 Å². The first-order chi connectivity index (χ1) is 28.5. The lowest BCUT2D eigenvalue weighted by atomic mass is 10.0. The van der Waals surface area contributed by atoms with Gasteiger partial charge in [0, 0.05) is 6.89 Å². The molecule has 0 aromatic heterocycles. The van der Waals surface area contributed by atoms with Gasteiger partial charge in [0.05, 0.1) is 0 Å². The van der Waals surface area contributed by atoms with E-state index in [1.165, 1.54) is 0 Å². The summed E-state index contributed by atoms with van der Waals surface area (Å²) in [6.07, 6.45) is -4.05. The second-order valence-electron chi connectivity index (χ2n) is 12.8. The zero-order chi connectivity index (χ0) is 41.8. The Labute approximate surface area is 354 Å². The zero-order valence-corrected chi connectivity index (χ0v) is 34.2. The van der Waals surface area contributed by atoms with Crippen LogP contribution in [0.4, 0.5) is 9.59 Å². The Balaban J connectivity index is 1.48. The number of carbonyl (C=O) groups is 5. The molecule has 1 fully saturated rings. The number of amides is 2. The highest BCUT2D eigenvalue weighted by Crippen LogP contribution is 2.49. The first kappa shape index (κ1) is 42.8. The SMILES string of the molecule is O=C(COC(=O)OCC(Cl)(Cl)Cl)O[C@H]1[C@@H](NC(=O)OCc2ccccc2)C(=O)N1C(C(=O)OCc1ccccc1)=P(c1ccccc1)(c1ccccc1)c1ccccc1. The van der Waals surface area contributed by atoms with Crippen molar-refractivity contribution in [2.24, 2.45) is 0 Å².